The fourth-order valence-electron chi connectivity index (χ4n) is 3.05. The number of phenols is 1. The number of carbonyl (C=O) groups is 1. The Balaban J connectivity index is 1.53. The summed E-state index contributed by atoms with van der Waals surface area (Å²) in [6, 6.07) is 13.2. The number of benzene rings is 2. The Bertz CT molecular complexity index is 1360. The number of H-pyrrole nitrogens is 1. The van der Waals surface area contributed by atoms with E-state index in [1.165, 1.54) is 24.6 Å². The molecule has 2 heterocycles. The number of anilines is 1. The zero-order valence-corrected chi connectivity index (χ0v) is 18.1. The molecule has 4 N–H and O–H groups in total. The number of nitrogens with zero attached hydrogens (tertiary/aromatic N) is 1. The molecule has 2 aromatic carbocycles. The van der Waals surface area contributed by atoms with E-state index in [9.17, 15) is 19.8 Å². The minimum Gasteiger partial charge on any atom is -0.506 e. The number of fused-ring (bicyclic) bond motifs is 1. The summed E-state index contributed by atoms with van der Waals surface area (Å²) in [5, 5.41) is 24.0. The van der Waals surface area contributed by atoms with Crippen LogP contribution in [0.1, 0.15) is 21.7 Å². The Morgan fingerprint density at radius 3 is 2.74 bits per heavy atom. The van der Waals surface area contributed by atoms with Crippen LogP contribution in [0.3, 0.4) is 0 Å². The molecule has 2 aromatic heterocycles. The molecular formula is C22H16IN3O5. The van der Waals surface area contributed by atoms with Crippen LogP contribution in [0.15, 0.2) is 69.0 Å². The number of pyridine rings is 1. The van der Waals surface area contributed by atoms with E-state index in [-0.39, 0.29) is 35.2 Å². The molecule has 156 valence electrons. The molecule has 0 atom stereocenters. The number of amides is 1. The Morgan fingerprint density at radius 1 is 1.16 bits per heavy atom. The Kier molecular flexibility index (Phi) is 5.76. The van der Waals surface area contributed by atoms with Gasteiger partial charge in [0, 0.05) is 20.6 Å². The van der Waals surface area contributed by atoms with E-state index in [2.05, 4.69) is 37.9 Å². The summed E-state index contributed by atoms with van der Waals surface area (Å²) in [4.78, 5) is 30.8. The summed E-state index contributed by atoms with van der Waals surface area (Å²) >= 11 is 2.13. The molecule has 8 nitrogen and oxygen atoms in total. The number of aromatic amines is 1. The van der Waals surface area contributed by atoms with Crippen molar-refractivity contribution in [1.82, 2.24) is 4.98 Å². The van der Waals surface area contributed by atoms with Crippen LogP contribution in [0, 0.1) is 3.57 Å². The molecule has 0 bridgehead atoms. The first-order chi connectivity index (χ1) is 14.9. The number of rotatable bonds is 5. The number of hydrogen-bond acceptors (Lipinski definition) is 6. The van der Waals surface area contributed by atoms with Crippen LogP contribution in [-0.2, 0) is 6.54 Å². The van der Waals surface area contributed by atoms with E-state index in [0.29, 0.717) is 21.9 Å². The van der Waals surface area contributed by atoms with Crippen LogP contribution in [-0.4, -0.2) is 27.3 Å². The second-order valence-corrected chi connectivity index (χ2v) is 7.90. The third-order valence-corrected chi connectivity index (χ3v) is 5.22. The molecule has 0 unspecified atom stereocenters. The molecule has 0 saturated heterocycles. The van der Waals surface area contributed by atoms with Crippen molar-refractivity contribution in [3.8, 4) is 11.6 Å². The lowest BCUT2D eigenvalue weighted by atomic mass is 10.1. The lowest BCUT2D eigenvalue weighted by molar-refractivity contribution is 0.0996. The predicted octanol–water partition coefficient (Wildman–Crippen LogP) is 4.01. The zero-order valence-electron chi connectivity index (χ0n) is 15.9. The van der Waals surface area contributed by atoms with Gasteiger partial charge in [0.15, 0.2) is 5.76 Å². The van der Waals surface area contributed by atoms with Crippen molar-refractivity contribution in [1.29, 1.82) is 0 Å². The fraction of sp³-hybridized carbons (Fsp3) is 0.0455. The molecule has 9 heteroatoms. The Morgan fingerprint density at radius 2 is 2.00 bits per heavy atom. The normalized spacial score (nSPS) is 11.3. The van der Waals surface area contributed by atoms with E-state index in [0.717, 1.165) is 3.57 Å². The van der Waals surface area contributed by atoms with Gasteiger partial charge in [-0.1, -0.05) is 6.07 Å². The highest BCUT2D eigenvalue weighted by molar-refractivity contribution is 14.1. The largest absolute Gasteiger partial charge is 0.506 e. The van der Waals surface area contributed by atoms with Gasteiger partial charge in [-0.25, -0.2) is 0 Å². The molecule has 4 aromatic rings. The van der Waals surface area contributed by atoms with Gasteiger partial charge >= 0.3 is 0 Å². The predicted molar refractivity (Wildman–Crippen MR) is 125 cm³/mol. The van der Waals surface area contributed by atoms with Crippen LogP contribution in [0.2, 0.25) is 0 Å². The van der Waals surface area contributed by atoms with E-state index in [1.54, 1.807) is 30.3 Å². The van der Waals surface area contributed by atoms with Gasteiger partial charge in [0.05, 0.1) is 24.1 Å². The molecule has 4 rings (SSSR count). The van der Waals surface area contributed by atoms with Crippen molar-refractivity contribution in [2.24, 2.45) is 4.99 Å². The minimum atomic E-state index is -0.471. The summed E-state index contributed by atoms with van der Waals surface area (Å²) in [5.74, 6) is -0.710. The monoisotopic (exact) mass is 529 g/mol. The summed E-state index contributed by atoms with van der Waals surface area (Å²) < 4.78 is 5.94. The molecule has 0 aliphatic carbocycles. The molecule has 0 aliphatic rings. The third-order valence-electron chi connectivity index (χ3n) is 4.55. The number of carbonyl (C=O) groups excluding carboxylic acids is 1. The molecule has 1 amide bonds. The summed E-state index contributed by atoms with van der Waals surface area (Å²) in [7, 11) is 0. The highest BCUT2D eigenvalue weighted by Crippen LogP contribution is 2.26. The molecule has 0 radical (unpaired) electrons. The Hall–Kier alpha value is -3.60. The smallest absolute Gasteiger partial charge is 0.291 e. The first-order valence-electron chi connectivity index (χ1n) is 9.13. The Labute approximate surface area is 189 Å². The molecule has 31 heavy (non-hydrogen) atoms. The highest BCUT2D eigenvalue weighted by atomic mass is 127. The van der Waals surface area contributed by atoms with Crippen molar-refractivity contribution in [2.45, 2.75) is 6.54 Å². The SMILES string of the molecule is O=C(Nc1ccc(CN=Cc2c(O)[nH]c(=O)c3ccc(I)cc23)cc1O)c1ccco1. The maximum absolute atomic E-state index is 12.1. The van der Waals surface area contributed by atoms with E-state index >= 15 is 0 Å². The number of nitrogens with one attached hydrogen (secondary N) is 2. The highest BCUT2D eigenvalue weighted by Gasteiger charge is 2.12. The number of aromatic hydroxyl groups is 2. The fourth-order valence-corrected chi connectivity index (χ4v) is 3.54. The number of phenolic OH excluding ortho intramolecular Hbond substituents is 1. The number of hydrogen-bond donors (Lipinski definition) is 4. The van der Waals surface area contributed by atoms with Gasteiger partial charge in [0.1, 0.15) is 5.75 Å². The average Bonchev–Trinajstić information content (AvgIpc) is 3.27. The average molecular weight is 529 g/mol. The maximum atomic E-state index is 12.1. The van der Waals surface area contributed by atoms with E-state index < -0.39 is 5.91 Å². The first kappa shape index (κ1) is 20.7. The van der Waals surface area contributed by atoms with Crippen molar-refractivity contribution in [3.63, 3.8) is 0 Å². The zero-order chi connectivity index (χ0) is 22.0. The van der Waals surface area contributed by atoms with Gasteiger partial charge in [-0.15, -0.1) is 0 Å². The lowest BCUT2D eigenvalue weighted by Crippen LogP contribution is -2.10. The molecule has 0 aliphatic heterocycles. The van der Waals surface area contributed by atoms with Gasteiger partial charge in [-0.3, -0.25) is 19.6 Å². The standard InChI is InChI=1S/C22H16IN3O5/c23-13-4-5-14-15(9-13)16(21(29)26-20(14)28)11-24-10-12-3-6-17(18(27)8-12)25-22(30)19-2-1-7-31-19/h1-9,11,27H,10H2,(H,25,30)(H2,26,28,29). The molecular weight excluding hydrogens is 513 g/mol. The molecule has 0 fully saturated rings. The molecule has 0 spiro atoms. The van der Waals surface area contributed by atoms with Gasteiger partial charge in [0.25, 0.3) is 11.5 Å². The number of halogens is 1. The summed E-state index contributed by atoms with van der Waals surface area (Å²) in [6.07, 6.45) is 2.87. The minimum absolute atomic E-state index is 0.112. The van der Waals surface area contributed by atoms with Crippen LogP contribution in [0.5, 0.6) is 11.6 Å². The number of furan rings is 1. The van der Waals surface area contributed by atoms with Crippen molar-refractivity contribution < 1.29 is 19.4 Å². The molecule has 0 saturated carbocycles. The number of aliphatic imine (C=N–C) groups is 1. The van der Waals surface area contributed by atoms with Gasteiger partial charge in [-0.05, 0) is 70.6 Å². The van der Waals surface area contributed by atoms with Crippen molar-refractivity contribution in [2.75, 3.05) is 5.32 Å². The second-order valence-electron chi connectivity index (χ2n) is 6.66. The van der Waals surface area contributed by atoms with Crippen LogP contribution >= 0.6 is 22.6 Å². The van der Waals surface area contributed by atoms with Crippen molar-refractivity contribution in [3.05, 3.63) is 85.6 Å². The second kappa shape index (κ2) is 8.64. The van der Waals surface area contributed by atoms with Crippen molar-refractivity contribution >= 4 is 51.2 Å². The van der Waals surface area contributed by atoms with Gasteiger partial charge in [-0.2, -0.15) is 0 Å². The van der Waals surface area contributed by atoms with E-state index in [4.69, 9.17) is 4.42 Å². The van der Waals surface area contributed by atoms with Crippen LogP contribution in [0.4, 0.5) is 5.69 Å². The first-order valence-corrected chi connectivity index (χ1v) is 10.2. The maximum Gasteiger partial charge on any atom is 0.291 e. The summed E-state index contributed by atoms with van der Waals surface area (Å²) in [5.41, 5.74) is 0.957. The van der Waals surface area contributed by atoms with Gasteiger partial charge < -0.3 is 19.9 Å². The van der Waals surface area contributed by atoms with Gasteiger partial charge in [0.2, 0.25) is 5.88 Å². The summed E-state index contributed by atoms with van der Waals surface area (Å²) in [6.45, 7) is 0.212. The number of aromatic nitrogens is 1. The van der Waals surface area contributed by atoms with Crippen LogP contribution in [0.25, 0.3) is 10.8 Å². The topological polar surface area (TPSA) is 128 Å². The third kappa shape index (κ3) is 4.45. The van der Waals surface area contributed by atoms with Crippen LogP contribution < -0.4 is 10.9 Å². The quantitative estimate of drug-likeness (QED) is 0.177. The lowest BCUT2D eigenvalue weighted by Gasteiger charge is -2.08. The van der Waals surface area contributed by atoms with E-state index in [1.807, 2.05) is 6.07 Å².